The normalized spacial score (nSPS) is 25.5. The van der Waals surface area contributed by atoms with Crippen LogP contribution in [0.25, 0.3) is 10.9 Å². The van der Waals surface area contributed by atoms with Crippen molar-refractivity contribution in [2.45, 2.75) is 12.5 Å². The number of likely N-dealkylation sites (N-methyl/N-ethyl adjacent to an activating group) is 1. The Morgan fingerprint density at radius 1 is 1.17 bits per heavy atom. The van der Waals surface area contributed by atoms with Gasteiger partial charge in [-0.15, -0.1) is 0 Å². The Morgan fingerprint density at radius 3 is 2.92 bits per heavy atom. The molecule has 0 saturated carbocycles. The molecule has 2 aliphatic rings. The summed E-state index contributed by atoms with van der Waals surface area (Å²) >= 11 is 0. The third-order valence-corrected chi connectivity index (χ3v) is 5.47. The minimum atomic E-state index is 0.125. The number of piperidine rings is 1. The number of carbonyl (C=O) groups is 1. The molecular formula is C19H25N3O2. The average molecular weight is 327 g/mol. The van der Waals surface area contributed by atoms with Gasteiger partial charge in [-0.1, -0.05) is 0 Å². The number of benzene rings is 1. The molecule has 2 unspecified atom stereocenters. The fourth-order valence-electron chi connectivity index (χ4n) is 4.00. The molecule has 1 aromatic carbocycles. The smallest absolute Gasteiger partial charge is 0.253 e. The molecular weight excluding hydrogens is 302 g/mol. The summed E-state index contributed by atoms with van der Waals surface area (Å²) in [4.78, 5) is 17.2. The van der Waals surface area contributed by atoms with Crippen LogP contribution in [0.4, 0.5) is 0 Å². The van der Waals surface area contributed by atoms with E-state index in [-0.39, 0.29) is 12.0 Å². The summed E-state index contributed by atoms with van der Waals surface area (Å²) in [5.41, 5.74) is 1.93. The first-order valence-electron chi connectivity index (χ1n) is 8.76. The van der Waals surface area contributed by atoms with Crippen LogP contribution in [0, 0.1) is 5.92 Å². The van der Waals surface area contributed by atoms with Crippen LogP contribution in [0.3, 0.4) is 0 Å². The highest BCUT2D eigenvalue weighted by Crippen LogP contribution is 2.25. The Bertz CT molecular complexity index is 754. The number of aromatic nitrogens is 1. The molecule has 0 radical (unpaired) electrons. The first kappa shape index (κ1) is 15.7. The molecule has 2 atom stereocenters. The number of ether oxygens (including phenoxy) is 1. The van der Waals surface area contributed by atoms with E-state index in [1.807, 2.05) is 36.3 Å². The number of likely N-dealkylation sites (tertiary alicyclic amines) is 1. The van der Waals surface area contributed by atoms with E-state index in [0.29, 0.717) is 12.5 Å². The minimum Gasteiger partial charge on any atom is -0.375 e. The number of rotatable bonds is 1. The maximum Gasteiger partial charge on any atom is 0.253 e. The van der Waals surface area contributed by atoms with Gasteiger partial charge in [-0.05, 0) is 37.7 Å². The highest BCUT2D eigenvalue weighted by Gasteiger charge is 2.34. The van der Waals surface area contributed by atoms with E-state index in [9.17, 15) is 4.79 Å². The SMILES string of the molecule is CN1CCOC2CN(C(=O)c3ccc4c(ccn4C)c3)CCC2C1. The average Bonchev–Trinajstić information content (AvgIpc) is 2.84. The van der Waals surface area contributed by atoms with Crippen LogP contribution < -0.4 is 0 Å². The van der Waals surface area contributed by atoms with Crippen molar-refractivity contribution in [2.75, 3.05) is 39.8 Å². The van der Waals surface area contributed by atoms with Gasteiger partial charge in [0.15, 0.2) is 0 Å². The summed E-state index contributed by atoms with van der Waals surface area (Å²) in [5.74, 6) is 0.665. The van der Waals surface area contributed by atoms with E-state index < -0.39 is 0 Å². The van der Waals surface area contributed by atoms with Gasteiger partial charge in [-0.25, -0.2) is 0 Å². The lowest BCUT2D eigenvalue weighted by Gasteiger charge is -2.37. The number of amides is 1. The Morgan fingerprint density at radius 2 is 2.04 bits per heavy atom. The first-order chi connectivity index (χ1) is 11.6. The van der Waals surface area contributed by atoms with E-state index >= 15 is 0 Å². The van der Waals surface area contributed by atoms with Crippen LogP contribution in [0.2, 0.25) is 0 Å². The second-order valence-electron chi connectivity index (χ2n) is 7.17. The second-order valence-corrected chi connectivity index (χ2v) is 7.17. The van der Waals surface area contributed by atoms with Crippen molar-refractivity contribution in [3.8, 4) is 0 Å². The molecule has 5 nitrogen and oxygen atoms in total. The summed E-state index contributed by atoms with van der Waals surface area (Å²) in [6.07, 6.45) is 3.22. The van der Waals surface area contributed by atoms with Crippen LogP contribution in [-0.4, -0.2) is 66.2 Å². The molecule has 2 fully saturated rings. The number of carbonyl (C=O) groups excluding carboxylic acids is 1. The van der Waals surface area contributed by atoms with E-state index in [1.54, 1.807) is 0 Å². The number of hydrogen-bond donors (Lipinski definition) is 0. The standard InChI is InChI=1S/C19H25N3O2/c1-20-9-10-24-18-13-22(8-6-16(18)12-20)19(23)15-3-4-17-14(11-15)5-7-21(17)2/h3-5,7,11,16,18H,6,8-10,12-13H2,1-2H3. The maximum atomic E-state index is 12.9. The molecule has 3 heterocycles. The van der Waals surface area contributed by atoms with Crippen molar-refractivity contribution >= 4 is 16.8 Å². The Hall–Kier alpha value is -1.85. The predicted molar refractivity (Wildman–Crippen MR) is 94.2 cm³/mol. The Balaban J connectivity index is 1.51. The van der Waals surface area contributed by atoms with Gasteiger partial charge in [0.05, 0.1) is 12.7 Å². The van der Waals surface area contributed by atoms with Crippen molar-refractivity contribution in [1.82, 2.24) is 14.4 Å². The van der Waals surface area contributed by atoms with Crippen LogP contribution in [0.5, 0.6) is 0 Å². The zero-order chi connectivity index (χ0) is 16.7. The topological polar surface area (TPSA) is 37.7 Å². The molecule has 0 spiro atoms. The lowest BCUT2D eigenvalue weighted by Crippen LogP contribution is -2.48. The van der Waals surface area contributed by atoms with Crippen molar-refractivity contribution in [3.05, 3.63) is 36.0 Å². The monoisotopic (exact) mass is 327 g/mol. The zero-order valence-corrected chi connectivity index (χ0v) is 14.4. The Labute approximate surface area is 142 Å². The number of fused-ring (bicyclic) bond motifs is 2. The molecule has 2 saturated heterocycles. The van der Waals surface area contributed by atoms with Crippen molar-refractivity contribution < 1.29 is 9.53 Å². The predicted octanol–water partition coefficient (Wildman–Crippen LogP) is 1.97. The fourth-order valence-corrected chi connectivity index (χ4v) is 4.00. The molecule has 5 heteroatoms. The van der Waals surface area contributed by atoms with Gasteiger partial charge in [-0.3, -0.25) is 4.79 Å². The molecule has 4 rings (SSSR count). The number of hydrogen-bond acceptors (Lipinski definition) is 3. The van der Waals surface area contributed by atoms with Crippen LogP contribution in [0.15, 0.2) is 30.5 Å². The minimum absolute atomic E-state index is 0.125. The van der Waals surface area contributed by atoms with E-state index in [4.69, 9.17) is 4.74 Å². The number of aryl methyl sites for hydroxylation is 1. The van der Waals surface area contributed by atoms with Crippen molar-refractivity contribution in [3.63, 3.8) is 0 Å². The maximum absolute atomic E-state index is 12.9. The summed E-state index contributed by atoms with van der Waals surface area (Å²) in [7, 11) is 4.17. The molecule has 1 aromatic heterocycles. The lowest BCUT2D eigenvalue weighted by atomic mass is 9.93. The second kappa shape index (κ2) is 6.22. The lowest BCUT2D eigenvalue weighted by molar-refractivity contribution is -0.0170. The summed E-state index contributed by atoms with van der Waals surface area (Å²) in [5, 5.41) is 1.12. The van der Waals surface area contributed by atoms with Gasteiger partial charge >= 0.3 is 0 Å². The van der Waals surface area contributed by atoms with Crippen LogP contribution in [0.1, 0.15) is 16.8 Å². The van der Waals surface area contributed by atoms with Gasteiger partial charge in [-0.2, -0.15) is 0 Å². The molecule has 2 aromatic rings. The summed E-state index contributed by atoms with van der Waals surface area (Å²) in [6, 6.07) is 8.04. The van der Waals surface area contributed by atoms with Gasteiger partial charge in [0.25, 0.3) is 5.91 Å². The summed E-state index contributed by atoms with van der Waals surface area (Å²) < 4.78 is 8.10. The summed E-state index contributed by atoms with van der Waals surface area (Å²) in [6.45, 7) is 4.35. The molecule has 24 heavy (non-hydrogen) atoms. The van der Waals surface area contributed by atoms with Crippen LogP contribution in [-0.2, 0) is 11.8 Å². The molecule has 2 aliphatic heterocycles. The largest absolute Gasteiger partial charge is 0.375 e. The molecule has 0 aliphatic carbocycles. The third kappa shape index (κ3) is 2.82. The molecule has 0 N–H and O–H groups in total. The highest BCUT2D eigenvalue weighted by atomic mass is 16.5. The van der Waals surface area contributed by atoms with Gasteiger partial charge in [0.1, 0.15) is 0 Å². The van der Waals surface area contributed by atoms with E-state index in [0.717, 1.165) is 49.1 Å². The van der Waals surface area contributed by atoms with Crippen molar-refractivity contribution in [1.29, 1.82) is 0 Å². The molecule has 0 bridgehead atoms. The molecule has 128 valence electrons. The van der Waals surface area contributed by atoms with Gasteiger partial charge in [0.2, 0.25) is 0 Å². The van der Waals surface area contributed by atoms with Gasteiger partial charge in [0, 0.05) is 61.8 Å². The number of nitrogens with zero attached hydrogens (tertiary/aromatic N) is 3. The van der Waals surface area contributed by atoms with Gasteiger partial charge < -0.3 is 19.1 Å². The first-order valence-corrected chi connectivity index (χ1v) is 8.76. The highest BCUT2D eigenvalue weighted by molar-refractivity contribution is 5.98. The molecule has 1 amide bonds. The quantitative estimate of drug-likeness (QED) is 0.804. The Kier molecular flexibility index (Phi) is 4.06. The van der Waals surface area contributed by atoms with E-state index in [1.165, 1.54) is 0 Å². The third-order valence-electron chi connectivity index (χ3n) is 5.47. The zero-order valence-electron chi connectivity index (χ0n) is 14.4. The fraction of sp³-hybridized carbons (Fsp3) is 0.526. The van der Waals surface area contributed by atoms with Crippen molar-refractivity contribution in [2.24, 2.45) is 13.0 Å². The van der Waals surface area contributed by atoms with Crippen LogP contribution >= 0.6 is 0 Å². The van der Waals surface area contributed by atoms with E-state index in [2.05, 4.69) is 22.6 Å².